The van der Waals surface area contributed by atoms with Crippen molar-refractivity contribution in [2.75, 3.05) is 25.5 Å². The van der Waals surface area contributed by atoms with Crippen molar-refractivity contribution in [1.82, 2.24) is 9.34 Å². The summed E-state index contributed by atoms with van der Waals surface area (Å²) < 4.78 is 5.26. The van der Waals surface area contributed by atoms with E-state index in [2.05, 4.69) is 96.1 Å². The molecule has 0 heterocycles. The first-order valence-electron chi connectivity index (χ1n) is 8.36. The van der Waals surface area contributed by atoms with Gasteiger partial charge in [-0.15, -0.1) is 0 Å². The van der Waals surface area contributed by atoms with E-state index in [1.54, 1.807) is 0 Å². The second kappa shape index (κ2) is 10.7. The lowest BCUT2D eigenvalue weighted by Crippen LogP contribution is -3.00. The smallest absolute Gasteiger partial charge is 0.136 e. The zero-order chi connectivity index (χ0) is 17.9. The van der Waals surface area contributed by atoms with Crippen LogP contribution in [0.25, 0.3) is 0 Å². The molecule has 0 saturated carbocycles. The molecule has 0 radical (unpaired) electrons. The van der Waals surface area contributed by atoms with Crippen LogP contribution in [-0.2, 0) is 11.8 Å². The van der Waals surface area contributed by atoms with E-state index in [-0.39, 0.29) is 12.4 Å². The van der Waals surface area contributed by atoms with Crippen molar-refractivity contribution in [2.45, 2.75) is 79.6 Å². The van der Waals surface area contributed by atoms with Crippen LogP contribution in [0.4, 0.5) is 0 Å². The summed E-state index contributed by atoms with van der Waals surface area (Å²) in [6, 6.07) is 1.93. The second-order valence-electron chi connectivity index (χ2n) is 8.17. The highest BCUT2D eigenvalue weighted by Crippen LogP contribution is 2.71. The summed E-state index contributed by atoms with van der Waals surface area (Å²) in [6.45, 7) is 25.6. The van der Waals surface area contributed by atoms with Crippen molar-refractivity contribution in [2.24, 2.45) is 0 Å². The Hall–Kier alpha value is 1.64. The van der Waals surface area contributed by atoms with Crippen molar-refractivity contribution >= 4 is 36.0 Å². The Morgan fingerprint density at radius 3 is 1.22 bits per heavy atom. The van der Waals surface area contributed by atoms with Crippen LogP contribution < -0.4 is 12.4 Å². The molecule has 0 spiro atoms. The molecule has 0 amide bonds. The van der Waals surface area contributed by atoms with Crippen LogP contribution in [0, 0.1) is 0 Å². The lowest BCUT2D eigenvalue weighted by molar-refractivity contribution is -0.00000678. The summed E-state index contributed by atoms with van der Waals surface area (Å²) in [5.41, 5.74) is -0.598. The first kappa shape index (κ1) is 26.9. The van der Waals surface area contributed by atoms with E-state index >= 15 is 0 Å². The van der Waals surface area contributed by atoms with Crippen LogP contribution in [0.15, 0.2) is 0 Å². The van der Waals surface area contributed by atoms with Gasteiger partial charge in [0, 0.05) is 51.4 Å². The molecular weight excluding hydrogens is 382 g/mol. The van der Waals surface area contributed by atoms with Crippen molar-refractivity contribution < 1.29 is 12.4 Å². The maximum absolute atomic E-state index is 6.46. The lowest BCUT2D eigenvalue weighted by atomic mass is 10.3. The fourth-order valence-corrected chi connectivity index (χ4v) is 18.8. The summed E-state index contributed by atoms with van der Waals surface area (Å²) >= 11 is 8.55. The quantitative estimate of drug-likeness (QED) is 0.528. The third kappa shape index (κ3) is 8.25. The number of nitrogens with zero attached hydrogens (tertiary/aromatic N) is 2. The number of rotatable bonds is 9. The van der Waals surface area contributed by atoms with Crippen LogP contribution in [0.3, 0.4) is 0 Å². The Labute approximate surface area is 162 Å². The normalized spacial score (nSPS) is 13.8. The molecule has 0 unspecified atom stereocenters. The Morgan fingerprint density at radius 2 is 1.04 bits per heavy atom. The minimum atomic E-state index is -1.82. The van der Waals surface area contributed by atoms with Gasteiger partial charge in [0.25, 0.3) is 0 Å². The van der Waals surface area contributed by atoms with E-state index in [1.165, 1.54) is 5.49 Å². The first-order chi connectivity index (χ1) is 9.74. The third-order valence-electron chi connectivity index (χ3n) is 3.31. The van der Waals surface area contributed by atoms with Crippen LogP contribution >= 0.6 is 24.2 Å². The van der Waals surface area contributed by atoms with Gasteiger partial charge in [-0.3, -0.25) is 9.34 Å². The highest BCUT2D eigenvalue weighted by molar-refractivity contribution is 8.70. The standard InChI is InChI=1S/C16H39N2P2S2.ClH/c1-13(2)17(14(3)4)20(21,22-12-19(9,10)11)18(15(5)6)16(7)8;/h13-16H,12H2,1-11H3;1H/q+1;/p-1. The molecule has 0 aromatic heterocycles. The maximum Gasteiger partial charge on any atom is 0.136 e. The average molecular weight is 421 g/mol. The van der Waals surface area contributed by atoms with E-state index < -0.39 is 12.8 Å². The zero-order valence-electron chi connectivity index (χ0n) is 17.0. The summed E-state index contributed by atoms with van der Waals surface area (Å²) in [6.07, 6.45) is 0. The molecule has 0 aromatic carbocycles. The Bertz CT molecular complexity index is 343. The Balaban J connectivity index is 0. The van der Waals surface area contributed by atoms with Crippen molar-refractivity contribution in [3.8, 4) is 0 Å². The molecule has 0 rings (SSSR count). The average Bonchev–Trinajstić information content (AvgIpc) is 2.22. The molecule has 0 fully saturated rings. The molecular formula is C16H39ClN2P2S2. The molecule has 7 heteroatoms. The van der Waals surface area contributed by atoms with Crippen LogP contribution in [0.5, 0.6) is 0 Å². The van der Waals surface area contributed by atoms with Gasteiger partial charge in [-0.05, 0) is 55.4 Å². The van der Waals surface area contributed by atoms with Gasteiger partial charge in [0.1, 0.15) is 11.0 Å². The van der Waals surface area contributed by atoms with Gasteiger partial charge in [-0.25, -0.2) is 0 Å². The molecule has 0 aliphatic heterocycles. The number of hydrogen-bond donors (Lipinski definition) is 0. The van der Waals surface area contributed by atoms with Crippen molar-refractivity contribution in [3.05, 3.63) is 0 Å². The predicted octanol–water partition coefficient (Wildman–Crippen LogP) is 3.05. The van der Waals surface area contributed by atoms with Crippen LogP contribution in [0.2, 0.25) is 0 Å². The molecule has 0 bridgehead atoms. The van der Waals surface area contributed by atoms with Gasteiger partial charge in [0.15, 0.2) is 0 Å². The fourth-order valence-electron chi connectivity index (χ4n) is 2.86. The number of hydrogen-bond acceptors (Lipinski definition) is 2. The second-order valence-corrected chi connectivity index (χ2v) is 20.5. The van der Waals surface area contributed by atoms with Gasteiger partial charge < -0.3 is 12.4 Å². The van der Waals surface area contributed by atoms with Gasteiger partial charge in [-0.1, -0.05) is 23.2 Å². The van der Waals surface area contributed by atoms with Crippen molar-refractivity contribution in [3.63, 3.8) is 0 Å². The van der Waals surface area contributed by atoms with E-state index in [4.69, 9.17) is 11.8 Å². The van der Waals surface area contributed by atoms with E-state index in [9.17, 15) is 0 Å². The molecule has 0 N–H and O–H groups in total. The van der Waals surface area contributed by atoms with Gasteiger partial charge in [0.05, 0.1) is 0 Å². The minimum Gasteiger partial charge on any atom is -1.00 e. The van der Waals surface area contributed by atoms with E-state index in [0.29, 0.717) is 24.2 Å². The minimum absolute atomic E-state index is 0. The highest BCUT2D eigenvalue weighted by atomic mass is 35.5. The van der Waals surface area contributed by atoms with Gasteiger partial charge >= 0.3 is 0 Å². The Kier molecular flexibility index (Phi) is 12.5. The van der Waals surface area contributed by atoms with Crippen LogP contribution in [0.1, 0.15) is 55.4 Å². The predicted molar refractivity (Wildman–Crippen MR) is 116 cm³/mol. The third-order valence-corrected chi connectivity index (χ3v) is 15.5. The lowest BCUT2D eigenvalue weighted by Gasteiger charge is -2.49. The Morgan fingerprint density at radius 1 is 0.783 bits per heavy atom. The summed E-state index contributed by atoms with van der Waals surface area (Å²) in [5.74, 6) is 0. The largest absolute Gasteiger partial charge is 1.00 e. The SMILES string of the molecule is CC(C)N(C(C)C)P(=S)(SC[P+](C)(C)C)N(C(C)C)C(C)C.[Cl-]. The van der Waals surface area contributed by atoms with Crippen molar-refractivity contribution in [1.29, 1.82) is 0 Å². The van der Waals surface area contributed by atoms with E-state index in [0.717, 1.165) is 0 Å². The highest BCUT2D eigenvalue weighted by Gasteiger charge is 2.40. The zero-order valence-corrected chi connectivity index (χ0v) is 21.2. The van der Waals surface area contributed by atoms with Crippen LogP contribution in [-0.4, -0.2) is 59.0 Å². The number of halogens is 1. The van der Waals surface area contributed by atoms with E-state index in [1.807, 2.05) is 0 Å². The topological polar surface area (TPSA) is 6.48 Å². The first-order valence-corrected chi connectivity index (χ1v) is 16.0. The molecule has 2 nitrogen and oxygen atoms in total. The van der Waals surface area contributed by atoms with Gasteiger partial charge in [0.2, 0.25) is 0 Å². The summed E-state index contributed by atoms with van der Waals surface area (Å²) in [7, 11) is -0.842. The summed E-state index contributed by atoms with van der Waals surface area (Å²) in [4.78, 5) is 0. The molecule has 0 aliphatic carbocycles. The molecule has 0 atom stereocenters. The molecule has 0 aliphatic rings. The molecule has 23 heavy (non-hydrogen) atoms. The molecule has 0 aromatic rings. The van der Waals surface area contributed by atoms with Gasteiger partial charge in [-0.2, -0.15) is 0 Å². The molecule has 0 saturated heterocycles. The summed E-state index contributed by atoms with van der Waals surface area (Å²) in [5, 5.41) is 0. The monoisotopic (exact) mass is 420 g/mol. The maximum atomic E-state index is 6.46. The molecule has 142 valence electrons. The fraction of sp³-hybridized carbons (Fsp3) is 1.00.